The largest absolute Gasteiger partial charge is 0.412 e. The van der Waals surface area contributed by atoms with Crippen molar-refractivity contribution in [2.45, 2.75) is 19.5 Å². The van der Waals surface area contributed by atoms with E-state index in [-0.39, 0.29) is 25.4 Å². The highest BCUT2D eigenvalue weighted by atomic mass is 19.4. The van der Waals surface area contributed by atoms with E-state index in [1.165, 1.54) is 4.90 Å². The Hall–Kier alpha value is -1.98. The van der Waals surface area contributed by atoms with Crippen LogP contribution in [0.2, 0.25) is 0 Å². The number of benzene rings is 1. The average molecular weight is 284 g/mol. The number of alkyl halides is 3. The van der Waals surface area contributed by atoms with Crippen LogP contribution in [0.25, 0.3) is 0 Å². The highest BCUT2D eigenvalue weighted by Gasteiger charge is 2.35. The van der Waals surface area contributed by atoms with Crippen LogP contribution in [-0.2, 0) is 0 Å². The van der Waals surface area contributed by atoms with Gasteiger partial charge in [-0.2, -0.15) is 13.2 Å². The van der Waals surface area contributed by atoms with E-state index in [0.717, 1.165) is 11.6 Å². The molecular formula is C14H15F3N2O. The van der Waals surface area contributed by atoms with Gasteiger partial charge in [-0.3, -0.25) is 4.79 Å². The fourth-order valence-electron chi connectivity index (χ4n) is 2.21. The molecule has 1 heterocycles. The van der Waals surface area contributed by atoms with Crippen LogP contribution in [0.1, 0.15) is 22.3 Å². The summed E-state index contributed by atoms with van der Waals surface area (Å²) in [4.78, 5) is 13.7. The molecule has 0 spiro atoms. The Labute approximate surface area is 114 Å². The zero-order valence-electron chi connectivity index (χ0n) is 11.0. The molecule has 20 heavy (non-hydrogen) atoms. The number of rotatable bonds is 1. The van der Waals surface area contributed by atoms with Gasteiger partial charge in [0.2, 0.25) is 0 Å². The van der Waals surface area contributed by atoms with Gasteiger partial charge in [0.05, 0.1) is 0 Å². The molecule has 1 aromatic carbocycles. The van der Waals surface area contributed by atoms with E-state index in [0.29, 0.717) is 11.3 Å². The lowest BCUT2D eigenvalue weighted by molar-refractivity contribution is -0.0957. The number of halogens is 3. The van der Waals surface area contributed by atoms with E-state index >= 15 is 0 Å². The van der Waals surface area contributed by atoms with E-state index in [4.69, 9.17) is 5.73 Å². The molecule has 0 bridgehead atoms. The van der Waals surface area contributed by atoms with Gasteiger partial charge in [-0.05, 0) is 37.1 Å². The monoisotopic (exact) mass is 284 g/mol. The lowest BCUT2D eigenvalue weighted by Gasteiger charge is -2.27. The van der Waals surface area contributed by atoms with Crippen LogP contribution in [0.15, 0.2) is 29.8 Å². The molecular weight excluding hydrogens is 269 g/mol. The second kappa shape index (κ2) is 5.19. The summed E-state index contributed by atoms with van der Waals surface area (Å²) in [6, 6.07) is 4.89. The van der Waals surface area contributed by atoms with E-state index in [2.05, 4.69) is 0 Å². The molecule has 1 aliphatic rings. The number of aryl methyl sites for hydroxylation is 1. The van der Waals surface area contributed by atoms with Gasteiger partial charge in [0.15, 0.2) is 0 Å². The highest BCUT2D eigenvalue weighted by molar-refractivity contribution is 5.96. The standard InChI is InChI=1S/C14H15F3N2O/c1-9-8-11(18)2-3-12(9)13(20)19-6-4-10(5-7-19)14(15,16)17/h2-4,8H,5-7,18H2,1H3. The number of anilines is 1. The lowest BCUT2D eigenvalue weighted by Crippen LogP contribution is -2.37. The zero-order valence-corrected chi connectivity index (χ0v) is 11.0. The number of hydrogen-bond acceptors (Lipinski definition) is 2. The third-order valence-electron chi connectivity index (χ3n) is 3.34. The quantitative estimate of drug-likeness (QED) is 0.636. The van der Waals surface area contributed by atoms with Crippen LogP contribution >= 0.6 is 0 Å². The lowest BCUT2D eigenvalue weighted by atomic mass is 10.0. The fraction of sp³-hybridized carbons (Fsp3) is 0.357. The molecule has 1 aromatic rings. The number of hydrogen-bond donors (Lipinski definition) is 1. The van der Waals surface area contributed by atoms with Crippen LogP contribution in [0.5, 0.6) is 0 Å². The van der Waals surface area contributed by atoms with Gasteiger partial charge < -0.3 is 10.6 Å². The second-order valence-electron chi connectivity index (χ2n) is 4.80. The first kappa shape index (κ1) is 14.4. The van der Waals surface area contributed by atoms with Crippen molar-refractivity contribution in [3.05, 3.63) is 41.0 Å². The first-order chi connectivity index (χ1) is 9.29. The van der Waals surface area contributed by atoms with Gasteiger partial charge in [0, 0.05) is 29.9 Å². The molecule has 2 N–H and O–H groups in total. The topological polar surface area (TPSA) is 46.3 Å². The average Bonchev–Trinajstić information content (AvgIpc) is 2.37. The number of nitrogen functional groups attached to an aromatic ring is 1. The molecule has 0 atom stereocenters. The Balaban J connectivity index is 2.14. The highest BCUT2D eigenvalue weighted by Crippen LogP contribution is 2.30. The van der Waals surface area contributed by atoms with Gasteiger partial charge in [0.25, 0.3) is 5.91 Å². The summed E-state index contributed by atoms with van der Waals surface area (Å²) in [5.41, 5.74) is 6.80. The van der Waals surface area contributed by atoms with Crippen LogP contribution in [0.3, 0.4) is 0 Å². The van der Waals surface area contributed by atoms with Crippen LogP contribution in [-0.4, -0.2) is 30.1 Å². The molecule has 3 nitrogen and oxygen atoms in total. The third kappa shape index (κ3) is 2.95. The zero-order chi connectivity index (χ0) is 14.9. The van der Waals surface area contributed by atoms with E-state index in [9.17, 15) is 18.0 Å². The first-order valence-corrected chi connectivity index (χ1v) is 6.20. The summed E-state index contributed by atoms with van der Waals surface area (Å²) < 4.78 is 37.5. The SMILES string of the molecule is Cc1cc(N)ccc1C(=O)N1CC=C(C(F)(F)F)CC1. The summed E-state index contributed by atoms with van der Waals surface area (Å²) in [7, 11) is 0. The smallest absolute Gasteiger partial charge is 0.399 e. The minimum atomic E-state index is -4.30. The Kier molecular flexibility index (Phi) is 3.74. The van der Waals surface area contributed by atoms with Gasteiger partial charge >= 0.3 is 6.18 Å². The van der Waals surface area contributed by atoms with Gasteiger partial charge in [-0.15, -0.1) is 0 Å². The minimum absolute atomic E-state index is 0.0164. The number of nitrogens with zero attached hydrogens (tertiary/aromatic N) is 1. The molecule has 1 aliphatic heterocycles. The fourth-order valence-corrected chi connectivity index (χ4v) is 2.21. The Morgan fingerprint density at radius 1 is 1.35 bits per heavy atom. The van der Waals surface area contributed by atoms with Gasteiger partial charge in [-0.1, -0.05) is 6.08 Å². The maximum absolute atomic E-state index is 12.5. The molecule has 0 aromatic heterocycles. The molecule has 108 valence electrons. The first-order valence-electron chi connectivity index (χ1n) is 6.20. The summed E-state index contributed by atoms with van der Waals surface area (Å²) in [5, 5.41) is 0. The normalized spacial score (nSPS) is 16.0. The molecule has 1 amide bonds. The van der Waals surface area contributed by atoms with E-state index in [1.54, 1.807) is 25.1 Å². The predicted octanol–water partition coefficient (Wildman–Crippen LogP) is 2.91. The third-order valence-corrected chi connectivity index (χ3v) is 3.34. The Morgan fingerprint density at radius 3 is 2.55 bits per heavy atom. The predicted molar refractivity (Wildman–Crippen MR) is 70.2 cm³/mol. The van der Waals surface area contributed by atoms with Crippen molar-refractivity contribution >= 4 is 11.6 Å². The van der Waals surface area contributed by atoms with Crippen molar-refractivity contribution in [2.75, 3.05) is 18.8 Å². The van der Waals surface area contributed by atoms with E-state index < -0.39 is 11.7 Å². The molecule has 0 unspecified atom stereocenters. The van der Waals surface area contributed by atoms with Gasteiger partial charge in [0.1, 0.15) is 0 Å². The van der Waals surface area contributed by atoms with Crippen molar-refractivity contribution in [1.29, 1.82) is 0 Å². The summed E-state index contributed by atoms with van der Waals surface area (Å²) >= 11 is 0. The number of nitrogens with two attached hydrogens (primary N) is 1. The van der Waals surface area contributed by atoms with Crippen LogP contribution < -0.4 is 5.73 Å². The molecule has 0 radical (unpaired) electrons. The van der Waals surface area contributed by atoms with Crippen molar-refractivity contribution in [2.24, 2.45) is 0 Å². The second-order valence-corrected chi connectivity index (χ2v) is 4.80. The number of carbonyl (C=O) groups is 1. The van der Waals surface area contributed by atoms with Crippen LogP contribution in [0.4, 0.5) is 18.9 Å². The molecule has 0 saturated carbocycles. The molecule has 0 aliphatic carbocycles. The van der Waals surface area contributed by atoms with Crippen molar-refractivity contribution in [1.82, 2.24) is 4.90 Å². The van der Waals surface area contributed by atoms with Crippen molar-refractivity contribution in [3.8, 4) is 0 Å². The molecule has 0 saturated heterocycles. The Morgan fingerprint density at radius 2 is 2.05 bits per heavy atom. The van der Waals surface area contributed by atoms with Crippen LogP contribution in [0, 0.1) is 6.92 Å². The van der Waals surface area contributed by atoms with Gasteiger partial charge in [-0.25, -0.2) is 0 Å². The van der Waals surface area contributed by atoms with Crippen molar-refractivity contribution in [3.63, 3.8) is 0 Å². The van der Waals surface area contributed by atoms with E-state index in [1.807, 2.05) is 0 Å². The summed E-state index contributed by atoms with van der Waals surface area (Å²) in [6.07, 6.45) is -3.39. The number of amides is 1. The Bertz CT molecular complexity index is 564. The minimum Gasteiger partial charge on any atom is -0.399 e. The maximum atomic E-state index is 12.5. The van der Waals surface area contributed by atoms with Crippen molar-refractivity contribution < 1.29 is 18.0 Å². The summed E-state index contributed by atoms with van der Waals surface area (Å²) in [5.74, 6) is -0.264. The molecule has 0 fully saturated rings. The molecule has 2 rings (SSSR count). The summed E-state index contributed by atoms with van der Waals surface area (Å²) in [6.45, 7) is 1.82. The molecule has 6 heteroatoms. The number of carbonyl (C=O) groups excluding carboxylic acids is 1. The maximum Gasteiger partial charge on any atom is 0.412 e.